The van der Waals surface area contributed by atoms with Gasteiger partial charge in [0.05, 0.1) is 6.04 Å². The van der Waals surface area contributed by atoms with Crippen molar-refractivity contribution in [1.82, 2.24) is 15.2 Å². The van der Waals surface area contributed by atoms with Crippen LogP contribution >= 0.6 is 0 Å². The fourth-order valence-electron chi connectivity index (χ4n) is 5.32. The number of rotatable bonds is 6. The number of aromatic nitrogens is 1. The predicted octanol–water partition coefficient (Wildman–Crippen LogP) is 3.70. The van der Waals surface area contributed by atoms with Crippen molar-refractivity contribution in [2.24, 2.45) is 11.8 Å². The topological polar surface area (TPSA) is 77.6 Å². The van der Waals surface area contributed by atoms with Gasteiger partial charge in [-0.15, -0.1) is 0 Å². The van der Waals surface area contributed by atoms with Crippen molar-refractivity contribution < 1.29 is 14.6 Å². The maximum atomic E-state index is 13.1. The van der Waals surface area contributed by atoms with Gasteiger partial charge in [-0.1, -0.05) is 25.3 Å². The third-order valence-corrected chi connectivity index (χ3v) is 6.73. The van der Waals surface area contributed by atoms with Gasteiger partial charge in [0.15, 0.2) is 0 Å². The van der Waals surface area contributed by atoms with Crippen molar-refractivity contribution >= 4 is 16.8 Å². The summed E-state index contributed by atoms with van der Waals surface area (Å²) in [4.78, 5) is 18.5. The number of piperidine rings is 1. The Balaban J connectivity index is 1.41. The highest BCUT2D eigenvalue weighted by Crippen LogP contribution is 2.38. The average Bonchev–Trinajstić information content (AvgIpc) is 3.20. The third-order valence-electron chi connectivity index (χ3n) is 6.73. The summed E-state index contributed by atoms with van der Waals surface area (Å²) in [5.74, 6) is 2.11. The van der Waals surface area contributed by atoms with Crippen molar-refractivity contribution in [3.63, 3.8) is 0 Å². The number of hydrogen-bond donors (Lipinski definition) is 3. The number of amides is 1. The molecule has 2 aliphatic rings. The molecular weight excluding hydrogens is 390 g/mol. The Kier molecular flexibility index (Phi) is 6.58. The van der Waals surface area contributed by atoms with Crippen LogP contribution in [0.5, 0.6) is 5.75 Å². The van der Waals surface area contributed by atoms with Crippen molar-refractivity contribution in [3.05, 3.63) is 30.5 Å². The number of ether oxygens (including phenoxy) is 1. The van der Waals surface area contributed by atoms with Gasteiger partial charge in [-0.05, 0) is 63.6 Å². The molecule has 1 aromatic heterocycles. The van der Waals surface area contributed by atoms with E-state index in [-0.39, 0.29) is 24.1 Å². The van der Waals surface area contributed by atoms with E-state index in [4.69, 9.17) is 4.74 Å². The van der Waals surface area contributed by atoms with Crippen LogP contribution in [-0.2, 0) is 4.79 Å². The molecule has 0 radical (unpaired) electrons. The number of aliphatic hydroxyl groups is 1. The number of nitrogens with one attached hydrogen (secondary N) is 2. The van der Waals surface area contributed by atoms with E-state index in [2.05, 4.69) is 15.2 Å². The van der Waals surface area contributed by atoms with E-state index in [1.54, 1.807) is 0 Å². The lowest BCUT2D eigenvalue weighted by molar-refractivity contribution is -0.132. The Morgan fingerprint density at radius 3 is 2.81 bits per heavy atom. The van der Waals surface area contributed by atoms with Crippen molar-refractivity contribution in [3.8, 4) is 5.75 Å². The number of aliphatic hydroxyl groups excluding tert-OH is 1. The predicted molar refractivity (Wildman–Crippen MR) is 123 cm³/mol. The normalized spacial score (nSPS) is 25.7. The van der Waals surface area contributed by atoms with Gasteiger partial charge < -0.3 is 20.1 Å². The first kappa shape index (κ1) is 22.2. The molecule has 4 atom stereocenters. The molecule has 2 heterocycles. The SMILES string of the molecule is CC(C)(C)NC(=O)[C@@H]1C[C@@H]2CCCC[C@@H]2CN1C[C@@H](O)COc1cccc2[nH]ccc12. The number of carbonyl (C=O) groups is 1. The van der Waals surface area contributed by atoms with E-state index < -0.39 is 6.10 Å². The molecule has 2 aromatic rings. The lowest BCUT2D eigenvalue weighted by atomic mass is 9.72. The highest BCUT2D eigenvalue weighted by Gasteiger charge is 2.41. The molecule has 6 heteroatoms. The van der Waals surface area contributed by atoms with Crippen LogP contribution in [0.15, 0.2) is 30.5 Å². The fraction of sp³-hybridized carbons (Fsp3) is 0.640. The van der Waals surface area contributed by atoms with Crippen LogP contribution in [0.25, 0.3) is 10.9 Å². The number of benzene rings is 1. The molecule has 170 valence electrons. The van der Waals surface area contributed by atoms with Gasteiger partial charge in [0.2, 0.25) is 5.91 Å². The maximum Gasteiger partial charge on any atom is 0.237 e. The van der Waals surface area contributed by atoms with Crippen molar-refractivity contribution in [1.29, 1.82) is 0 Å². The number of fused-ring (bicyclic) bond motifs is 2. The average molecular weight is 428 g/mol. The highest BCUT2D eigenvalue weighted by atomic mass is 16.5. The summed E-state index contributed by atoms with van der Waals surface area (Å²) >= 11 is 0. The summed E-state index contributed by atoms with van der Waals surface area (Å²) in [6.45, 7) is 7.61. The van der Waals surface area contributed by atoms with Crippen LogP contribution in [0.1, 0.15) is 52.9 Å². The molecule has 2 fully saturated rings. The molecule has 0 bridgehead atoms. The van der Waals surface area contributed by atoms with Gasteiger partial charge in [-0.25, -0.2) is 0 Å². The van der Waals surface area contributed by atoms with E-state index >= 15 is 0 Å². The molecule has 1 saturated carbocycles. The molecule has 3 N–H and O–H groups in total. The lowest BCUT2D eigenvalue weighted by Crippen LogP contribution is -2.59. The minimum absolute atomic E-state index is 0.0849. The summed E-state index contributed by atoms with van der Waals surface area (Å²) in [6, 6.07) is 7.68. The second-order valence-corrected chi connectivity index (χ2v) is 10.4. The summed E-state index contributed by atoms with van der Waals surface area (Å²) in [5, 5.41) is 15.0. The summed E-state index contributed by atoms with van der Waals surface area (Å²) in [5.41, 5.74) is 0.758. The molecule has 6 nitrogen and oxygen atoms in total. The Bertz CT molecular complexity index is 888. The van der Waals surface area contributed by atoms with Crippen LogP contribution in [-0.4, -0.2) is 58.3 Å². The molecule has 1 aliphatic heterocycles. The summed E-state index contributed by atoms with van der Waals surface area (Å²) < 4.78 is 5.97. The lowest BCUT2D eigenvalue weighted by Gasteiger charge is -2.46. The second-order valence-electron chi connectivity index (χ2n) is 10.4. The molecule has 1 amide bonds. The van der Waals surface area contributed by atoms with Gasteiger partial charge in [-0.3, -0.25) is 9.69 Å². The van der Waals surface area contributed by atoms with Crippen LogP contribution in [0.3, 0.4) is 0 Å². The van der Waals surface area contributed by atoms with Gasteiger partial charge in [0.25, 0.3) is 0 Å². The number of nitrogens with zero attached hydrogens (tertiary/aromatic N) is 1. The van der Waals surface area contributed by atoms with Gasteiger partial charge in [0, 0.05) is 35.7 Å². The largest absolute Gasteiger partial charge is 0.490 e. The standard InChI is InChI=1S/C25H37N3O3/c1-25(2,3)27-24(30)22-13-17-7-4-5-8-18(17)14-28(22)15-19(29)16-31-23-10-6-9-21-20(23)11-12-26-21/h6,9-12,17-19,22,26,29H,4-5,7-8,13-16H2,1-3H3,(H,27,30)/t17-,18+,19+,22-/m0/s1. The minimum atomic E-state index is -0.653. The Morgan fingerprint density at radius 2 is 2.03 bits per heavy atom. The maximum absolute atomic E-state index is 13.1. The zero-order chi connectivity index (χ0) is 22.0. The van der Waals surface area contributed by atoms with Crippen molar-refractivity contribution in [2.75, 3.05) is 19.7 Å². The quantitative estimate of drug-likeness (QED) is 0.657. The number of β-amino-alcohol motifs (C(OH)–C–C–N with tert-alkyl or cyclic N) is 1. The van der Waals surface area contributed by atoms with Crippen LogP contribution in [0, 0.1) is 11.8 Å². The number of carbonyl (C=O) groups excluding carboxylic acids is 1. The van der Waals surface area contributed by atoms with Gasteiger partial charge >= 0.3 is 0 Å². The highest BCUT2D eigenvalue weighted by molar-refractivity contribution is 5.85. The third kappa shape index (κ3) is 5.42. The van der Waals surface area contributed by atoms with Gasteiger partial charge in [-0.2, -0.15) is 0 Å². The zero-order valence-electron chi connectivity index (χ0n) is 19.1. The molecule has 1 aromatic carbocycles. The molecule has 4 rings (SSSR count). The molecule has 0 spiro atoms. The fourth-order valence-corrected chi connectivity index (χ4v) is 5.32. The Hall–Kier alpha value is -2.05. The van der Waals surface area contributed by atoms with E-state index in [0.717, 1.165) is 29.6 Å². The zero-order valence-corrected chi connectivity index (χ0v) is 19.1. The summed E-state index contributed by atoms with van der Waals surface area (Å²) in [6.07, 6.45) is 7.14. The molecule has 0 unspecified atom stereocenters. The number of H-pyrrole nitrogens is 1. The molecule has 1 aliphatic carbocycles. The van der Waals surface area contributed by atoms with Crippen LogP contribution in [0.2, 0.25) is 0 Å². The van der Waals surface area contributed by atoms with Crippen LogP contribution in [0.4, 0.5) is 0 Å². The summed E-state index contributed by atoms with van der Waals surface area (Å²) in [7, 11) is 0. The first-order valence-electron chi connectivity index (χ1n) is 11.7. The van der Waals surface area contributed by atoms with E-state index in [1.807, 2.05) is 51.2 Å². The van der Waals surface area contributed by atoms with Crippen molar-refractivity contribution in [2.45, 2.75) is 70.6 Å². The van der Waals surface area contributed by atoms with E-state index in [9.17, 15) is 9.90 Å². The minimum Gasteiger partial charge on any atom is -0.490 e. The molecular formula is C25H37N3O3. The van der Waals surface area contributed by atoms with Crippen LogP contribution < -0.4 is 10.1 Å². The smallest absolute Gasteiger partial charge is 0.237 e. The first-order chi connectivity index (χ1) is 14.8. The second kappa shape index (κ2) is 9.21. The molecule has 31 heavy (non-hydrogen) atoms. The first-order valence-corrected chi connectivity index (χ1v) is 11.7. The number of likely N-dealkylation sites (tertiary alicyclic amines) is 1. The number of aromatic amines is 1. The van der Waals surface area contributed by atoms with E-state index in [1.165, 1.54) is 25.7 Å². The van der Waals surface area contributed by atoms with Gasteiger partial charge in [0.1, 0.15) is 18.5 Å². The Labute approximate surface area is 185 Å². The number of hydrogen-bond acceptors (Lipinski definition) is 4. The Morgan fingerprint density at radius 1 is 1.26 bits per heavy atom. The molecule has 1 saturated heterocycles. The van der Waals surface area contributed by atoms with E-state index in [0.29, 0.717) is 18.4 Å². The monoisotopic (exact) mass is 427 g/mol.